The van der Waals surface area contributed by atoms with E-state index in [0.29, 0.717) is 5.69 Å². The molecule has 0 unspecified atom stereocenters. The van der Waals surface area contributed by atoms with E-state index in [4.69, 9.17) is 0 Å². The van der Waals surface area contributed by atoms with Gasteiger partial charge in [-0.15, -0.1) is 0 Å². The molecule has 0 aliphatic rings. The number of amides is 2. The van der Waals surface area contributed by atoms with Gasteiger partial charge in [-0.05, 0) is 12.1 Å². The summed E-state index contributed by atoms with van der Waals surface area (Å²) in [6, 6.07) is 8.32. The summed E-state index contributed by atoms with van der Waals surface area (Å²) in [5.74, 6) is -0.388. The third-order valence-corrected chi connectivity index (χ3v) is 2.50. The molecule has 0 aliphatic carbocycles. The van der Waals surface area contributed by atoms with Gasteiger partial charge in [-0.25, -0.2) is 4.79 Å². The van der Waals surface area contributed by atoms with Crippen molar-refractivity contribution in [2.75, 3.05) is 10.6 Å². The van der Waals surface area contributed by atoms with Crippen molar-refractivity contribution in [3.63, 3.8) is 0 Å². The number of rotatable bonds is 3. The Labute approximate surface area is 118 Å². The van der Waals surface area contributed by atoms with Crippen molar-refractivity contribution >= 4 is 23.1 Å². The Morgan fingerprint density at radius 2 is 1.48 bits per heavy atom. The van der Waals surface area contributed by atoms with Crippen molar-refractivity contribution in [2.45, 2.75) is 0 Å². The third-order valence-electron chi connectivity index (χ3n) is 2.50. The number of nitrogens with one attached hydrogen (secondary N) is 2. The molecule has 2 aromatic carbocycles. The van der Waals surface area contributed by atoms with E-state index in [9.17, 15) is 25.1 Å². The third kappa shape index (κ3) is 3.83. The lowest BCUT2D eigenvalue weighted by Crippen LogP contribution is -2.19. The maximum atomic E-state index is 11.7. The number of nitro groups is 1. The first-order valence-corrected chi connectivity index (χ1v) is 5.79. The van der Waals surface area contributed by atoms with E-state index < -0.39 is 11.0 Å². The predicted octanol–water partition coefficient (Wildman–Crippen LogP) is 2.65. The fourth-order valence-electron chi connectivity index (χ4n) is 1.63. The molecule has 0 saturated carbocycles. The summed E-state index contributed by atoms with van der Waals surface area (Å²) in [7, 11) is 0. The minimum absolute atomic E-state index is 0.0844. The van der Waals surface area contributed by atoms with E-state index in [-0.39, 0.29) is 22.9 Å². The van der Waals surface area contributed by atoms with Crippen molar-refractivity contribution < 1.29 is 19.9 Å². The predicted molar refractivity (Wildman–Crippen MR) is 75.5 cm³/mol. The smallest absolute Gasteiger partial charge is 0.323 e. The molecule has 0 aromatic heterocycles. The lowest BCUT2D eigenvalue weighted by molar-refractivity contribution is -0.384. The van der Waals surface area contributed by atoms with Crippen LogP contribution in [0.5, 0.6) is 11.5 Å². The van der Waals surface area contributed by atoms with Gasteiger partial charge in [-0.1, -0.05) is 0 Å². The Kier molecular flexibility index (Phi) is 3.89. The second-order valence-electron chi connectivity index (χ2n) is 4.12. The topological polar surface area (TPSA) is 125 Å². The number of anilines is 2. The van der Waals surface area contributed by atoms with Gasteiger partial charge < -0.3 is 20.8 Å². The van der Waals surface area contributed by atoms with Gasteiger partial charge in [-0.2, -0.15) is 0 Å². The van der Waals surface area contributed by atoms with Crippen molar-refractivity contribution in [2.24, 2.45) is 0 Å². The molecule has 0 radical (unpaired) electrons. The van der Waals surface area contributed by atoms with Crippen LogP contribution in [0.15, 0.2) is 42.5 Å². The van der Waals surface area contributed by atoms with Crippen molar-refractivity contribution in [1.82, 2.24) is 0 Å². The molecular weight excluding hydrogens is 278 g/mol. The van der Waals surface area contributed by atoms with Gasteiger partial charge in [0.1, 0.15) is 11.5 Å². The summed E-state index contributed by atoms with van der Waals surface area (Å²) < 4.78 is 0. The number of urea groups is 1. The number of carbonyl (C=O) groups excluding carboxylic acids is 1. The molecule has 0 saturated heterocycles. The Morgan fingerprint density at radius 1 is 0.952 bits per heavy atom. The van der Waals surface area contributed by atoms with Gasteiger partial charge in [0.05, 0.1) is 4.92 Å². The van der Waals surface area contributed by atoms with Crippen LogP contribution >= 0.6 is 0 Å². The Morgan fingerprint density at radius 3 is 2.00 bits per heavy atom. The van der Waals surface area contributed by atoms with E-state index in [1.54, 1.807) is 0 Å². The molecule has 21 heavy (non-hydrogen) atoms. The number of phenols is 2. The molecule has 0 atom stereocenters. The molecule has 0 heterocycles. The normalized spacial score (nSPS) is 9.90. The standard InChI is InChI=1S/C13H11N3O5/c17-11-5-9(6-12(18)7-11)15-13(19)14-8-1-3-10(4-2-8)16(20)21/h1-7,17-18H,(H2,14,15,19). The van der Waals surface area contributed by atoms with Crippen LogP contribution in [0, 0.1) is 10.1 Å². The molecule has 0 spiro atoms. The van der Waals surface area contributed by atoms with E-state index in [2.05, 4.69) is 10.6 Å². The highest BCUT2D eigenvalue weighted by Gasteiger charge is 2.07. The van der Waals surface area contributed by atoms with Gasteiger partial charge >= 0.3 is 6.03 Å². The number of carbonyl (C=O) groups is 1. The molecule has 4 N–H and O–H groups in total. The van der Waals surface area contributed by atoms with E-state index in [1.807, 2.05) is 0 Å². The summed E-state index contributed by atoms with van der Waals surface area (Å²) in [4.78, 5) is 21.7. The van der Waals surface area contributed by atoms with Crippen LogP contribution in [0.2, 0.25) is 0 Å². The van der Waals surface area contributed by atoms with Crippen molar-refractivity contribution in [1.29, 1.82) is 0 Å². The van der Waals surface area contributed by atoms with Gasteiger partial charge in [0.25, 0.3) is 5.69 Å². The van der Waals surface area contributed by atoms with Crippen LogP contribution in [-0.4, -0.2) is 21.2 Å². The highest BCUT2D eigenvalue weighted by Crippen LogP contribution is 2.24. The van der Waals surface area contributed by atoms with Crippen LogP contribution in [0.4, 0.5) is 21.9 Å². The average Bonchev–Trinajstić information content (AvgIpc) is 2.37. The first-order valence-electron chi connectivity index (χ1n) is 5.79. The zero-order valence-corrected chi connectivity index (χ0v) is 10.6. The second kappa shape index (κ2) is 5.78. The van der Waals surface area contributed by atoms with Crippen LogP contribution < -0.4 is 10.6 Å². The molecule has 0 aliphatic heterocycles. The summed E-state index contributed by atoms with van der Waals surface area (Å²) in [5, 5.41) is 33.9. The molecular formula is C13H11N3O5. The minimum atomic E-state index is -0.617. The molecule has 2 rings (SSSR count). The number of nitrogens with zero attached hydrogens (tertiary/aromatic N) is 1. The number of phenolic OH excluding ortho intramolecular Hbond substituents is 2. The first-order chi connectivity index (χ1) is 9.94. The van der Waals surface area contributed by atoms with Gasteiger partial charge in [-0.3, -0.25) is 10.1 Å². The molecule has 2 amide bonds. The maximum Gasteiger partial charge on any atom is 0.323 e. The zero-order valence-electron chi connectivity index (χ0n) is 10.6. The molecule has 0 fully saturated rings. The number of aromatic hydroxyl groups is 2. The molecule has 8 heteroatoms. The Balaban J connectivity index is 2.02. The largest absolute Gasteiger partial charge is 0.508 e. The van der Waals surface area contributed by atoms with Crippen molar-refractivity contribution in [3.05, 3.63) is 52.6 Å². The van der Waals surface area contributed by atoms with Crippen LogP contribution in [0.1, 0.15) is 0 Å². The molecule has 0 bridgehead atoms. The highest BCUT2D eigenvalue weighted by molar-refractivity contribution is 6.00. The lowest BCUT2D eigenvalue weighted by Gasteiger charge is -2.08. The highest BCUT2D eigenvalue weighted by atomic mass is 16.6. The minimum Gasteiger partial charge on any atom is -0.508 e. The summed E-state index contributed by atoms with van der Waals surface area (Å²) in [6.07, 6.45) is 0. The fourth-order valence-corrected chi connectivity index (χ4v) is 1.63. The second-order valence-corrected chi connectivity index (χ2v) is 4.12. The molecule has 8 nitrogen and oxygen atoms in total. The monoisotopic (exact) mass is 289 g/mol. The number of hydrogen-bond acceptors (Lipinski definition) is 5. The summed E-state index contributed by atoms with van der Waals surface area (Å²) in [5.41, 5.74) is 0.480. The molecule has 108 valence electrons. The zero-order chi connectivity index (χ0) is 15.4. The van der Waals surface area contributed by atoms with E-state index in [0.717, 1.165) is 6.07 Å². The number of hydrogen-bond donors (Lipinski definition) is 4. The maximum absolute atomic E-state index is 11.7. The first kappa shape index (κ1) is 14.1. The van der Waals surface area contributed by atoms with Gasteiger partial charge in [0.2, 0.25) is 0 Å². The van der Waals surface area contributed by atoms with Crippen LogP contribution in [-0.2, 0) is 0 Å². The van der Waals surface area contributed by atoms with E-state index >= 15 is 0 Å². The van der Waals surface area contributed by atoms with Gasteiger partial charge in [0, 0.05) is 41.7 Å². The lowest BCUT2D eigenvalue weighted by atomic mass is 10.2. The summed E-state index contributed by atoms with van der Waals surface area (Å²) in [6.45, 7) is 0. The SMILES string of the molecule is O=C(Nc1ccc([N+](=O)[O-])cc1)Nc1cc(O)cc(O)c1. The molecule has 2 aromatic rings. The van der Waals surface area contributed by atoms with Crippen molar-refractivity contribution in [3.8, 4) is 11.5 Å². The van der Waals surface area contributed by atoms with Crippen LogP contribution in [0.25, 0.3) is 0 Å². The van der Waals surface area contributed by atoms with Gasteiger partial charge in [0.15, 0.2) is 0 Å². The average molecular weight is 289 g/mol. The Bertz CT molecular complexity index is 664. The van der Waals surface area contributed by atoms with Crippen LogP contribution in [0.3, 0.4) is 0 Å². The number of benzene rings is 2. The summed E-state index contributed by atoms with van der Waals surface area (Å²) >= 11 is 0. The Hall–Kier alpha value is -3.29. The number of non-ortho nitro benzene ring substituents is 1. The number of nitro benzene ring substituents is 1. The quantitative estimate of drug-likeness (QED) is 0.510. The fraction of sp³-hybridized carbons (Fsp3) is 0. The van der Waals surface area contributed by atoms with E-state index in [1.165, 1.54) is 36.4 Å².